The molecule has 1 aliphatic rings. The lowest BCUT2D eigenvalue weighted by Gasteiger charge is -2.37. The molecule has 1 aromatic carbocycles. The van der Waals surface area contributed by atoms with Gasteiger partial charge in [-0.1, -0.05) is 50.4 Å². The van der Waals surface area contributed by atoms with Crippen LogP contribution in [0.4, 0.5) is 0 Å². The van der Waals surface area contributed by atoms with Crippen LogP contribution in [0.2, 0.25) is 5.02 Å². The van der Waals surface area contributed by atoms with Crippen LogP contribution < -0.4 is 5.32 Å². The van der Waals surface area contributed by atoms with Gasteiger partial charge in [-0.2, -0.15) is 0 Å². The molecule has 1 fully saturated rings. The molecule has 1 nitrogen and oxygen atoms in total. The van der Waals surface area contributed by atoms with E-state index in [0.717, 1.165) is 16.9 Å². The molecular weight excluding hydrogens is 254 g/mol. The molecule has 0 saturated heterocycles. The summed E-state index contributed by atoms with van der Waals surface area (Å²) in [5.74, 6) is 1.60. The first-order valence-corrected chi connectivity index (χ1v) is 7.97. The zero-order chi connectivity index (χ0) is 13.8. The van der Waals surface area contributed by atoms with Gasteiger partial charge in [0.05, 0.1) is 0 Å². The zero-order valence-corrected chi connectivity index (χ0v) is 13.1. The Kier molecular flexibility index (Phi) is 5.29. The molecule has 0 radical (unpaired) electrons. The first-order chi connectivity index (χ1) is 9.08. The summed E-state index contributed by atoms with van der Waals surface area (Å²) in [5, 5.41) is 4.66. The maximum Gasteiger partial charge on any atom is 0.0406 e. The number of hydrogen-bond acceptors (Lipinski definition) is 1. The van der Waals surface area contributed by atoms with E-state index in [2.05, 4.69) is 38.2 Å². The molecule has 0 aromatic heterocycles. The highest BCUT2D eigenvalue weighted by molar-refractivity contribution is 6.30. The third-order valence-corrected chi connectivity index (χ3v) is 4.76. The molecular formula is C17H26ClN. The van der Waals surface area contributed by atoms with Gasteiger partial charge in [-0.3, -0.25) is 0 Å². The Bertz CT molecular complexity index is 385. The normalized spacial score (nSPS) is 25.5. The van der Waals surface area contributed by atoms with Crippen molar-refractivity contribution < 1.29 is 0 Å². The van der Waals surface area contributed by atoms with E-state index in [1.54, 1.807) is 0 Å². The van der Waals surface area contributed by atoms with Crippen molar-refractivity contribution in [3.8, 4) is 0 Å². The smallest absolute Gasteiger partial charge is 0.0406 e. The lowest BCUT2D eigenvalue weighted by molar-refractivity contribution is 0.195. The third kappa shape index (κ3) is 3.97. The summed E-state index contributed by atoms with van der Waals surface area (Å²) in [6.45, 7) is 6.98. The summed E-state index contributed by atoms with van der Waals surface area (Å²) in [6, 6.07) is 9.30. The lowest BCUT2D eigenvalue weighted by atomic mass is 9.77. The van der Waals surface area contributed by atoms with Crippen LogP contribution >= 0.6 is 11.6 Å². The van der Waals surface area contributed by atoms with Crippen molar-refractivity contribution in [2.75, 3.05) is 0 Å². The highest BCUT2D eigenvalue weighted by Gasteiger charge is 2.28. The zero-order valence-electron chi connectivity index (χ0n) is 12.3. The maximum absolute atomic E-state index is 5.95. The van der Waals surface area contributed by atoms with Gasteiger partial charge in [0.25, 0.3) is 0 Å². The minimum absolute atomic E-state index is 0.404. The Labute approximate surface area is 122 Å². The van der Waals surface area contributed by atoms with Crippen LogP contribution in [0.5, 0.6) is 0 Å². The van der Waals surface area contributed by atoms with Crippen molar-refractivity contribution in [2.24, 2.45) is 11.8 Å². The standard InChI is InChI=1S/C17H26ClN/c1-12(2)16-6-4-5-7-17(16)19-13(3)14-8-10-15(18)11-9-14/h8-13,16-17,19H,4-7H2,1-3H3. The average Bonchev–Trinajstić information content (AvgIpc) is 2.39. The van der Waals surface area contributed by atoms with Crippen molar-refractivity contribution in [1.29, 1.82) is 0 Å². The van der Waals surface area contributed by atoms with Crippen molar-refractivity contribution in [3.63, 3.8) is 0 Å². The van der Waals surface area contributed by atoms with E-state index in [9.17, 15) is 0 Å². The van der Waals surface area contributed by atoms with Crippen molar-refractivity contribution >= 4 is 11.6 Å². The van der Waals surface area contributed by atoms with Crippen LogP contribution in [-0.4, -0.2) is 6.04 Å². The summed E-state index contributed by atoms with van der Waals surface area (Å²) < 4.78 is 0. The van der Waals surface area contributed by atoms with Crippen molar-refractivity contribution in [1.82, 2.24) is 5.32 Å². The molecule has 106 valence electrons. The molecule has 3 atom stereocenters. The van der Waals surface area contributed by atoms with Crippen LogP contribution in [0, 0.1) is 11.8 Å². The van der Waals surface area contributed by atoms with E-state index in [-0.39, 0.29) is 0 Å². The van der Waals surface area contributed by atoms with Gasteiger partial charge in [0, 0.05) is 17.1 Å². The lowest BCUT2D eigenvalue weighted by Crippen LogP contribution is -2.42. The number of halogens is 1. The number of rotatable bonds is 4. The molecule has 2 rings (SSSR count). The minimum Gasteiger partial charge on any atom is -0.307 e. The van der Waals surface area contributed by atoms with E-state index in [4.69, 9.17) is 11.6 Å². The fourth-order valence-electron chi connectivity index (χ4n) is 3.33. The maximum atomic E-state index is 5.95. The minimum atomic E-state index is 0.404. The number of nitrogens with one attached hydrogen (secondary N) is 1. The van der Waals surface area contributed by atoms with Gasteiger partial charge < -0.3 is 5.32 Å². The molecule has 1 saturated carbocycles. The molecule has 3 unspecified atom stereocenters. The predicted octanol–water partition coefficient (Wildman–Crippen LogP) is 5.21. The first-order valence-electron chi connectivity index (χ1n) is 7.59. The largest absolute Gasteiger partial charge is 0.307 e. The molecule has 1 N–H and O–H groups in total. The van der Waals surface area contributed by atoms with E-state index < -0.39 is 0 Å². The summed E-state index contributed by atoms with van der Waals surface area (Å²) in [4.78, 5) is 0. The second-order valence-electron chi connectivity index (χ2n) is 6.24. The van der Waals surface area contributed by atoms with E-state index in [1.807, 2.05) is 12.1 Å². The Hall–Kier alpha value is -0.530. The highest BCUT2D eigenvalue weighted by Crippen LogP contribution is 2.31. The van der Waals surface area contributed by atoms with Crippen LogP contribution in [0.3, 0.4) is 0 Å². The van der Waals surface area contributed by atoms with Crippen LogP contribution in [0.1, 0.15) is 58.1 Å². The second-order valence-corrected chi connectivity index (χ2v) is 6.68. The van der Waals surface area contributed by atoms with Crippen LogP contribution in [-0.2, 0) is 0 Å². The summed E-state index contributed by atoms with van der Waals surface area (Å²) in [5.41, 5.74) is 1.33. The van der Waals surface area contributed by atoms with E-state index >= 15 is 0 Å². The summed E-state index contributed by atoms with van der Waals surface area (Å²) >= 11 is 5.95. The second kappa shape index (κ2) is 6.76. The average molecular weight is 280 g/mol. The molecule has 0 amide bonds. The highest BCUT2D eigenvalue weighted by atomic mass is 35.5. The first kappa shape index (κ1) is 14.9. The molecule has 0 bridgehead atoms. The van der Waals surface area contributed by atoms with Gasteiger partial charge in [0.15, 0.2) is 0 Å². The summed E-state index contributed by atoms with van der Waals surface area (Å²) in [6.07, 6.45) is 5.47. The van der Waals surface area contributed by atoms with Crippen LogP contribution in [0.15, 0.2) is 24.3 Å². The molecule has 2 heteroatoms. The van der Waals surface area contributed by atoms with Gasteiger partial charge >= 0.3 is 0 Å². The molecule has 1 aliphatic carbocycles. The van der Waals surface area contributed by atoms with Gasteiger partial charge in [-0.25, -0.2) is 0 Å². The van der Waals surface area contributed by atoms with Gasteiger partial charge in [0.1, 0.15) is 0 Å². The molecule has 1 aromatic rings. The van der Waals surface area contributed by atoms with E-state index in [0.29, 0.717) is 12.1 Å². The fraction of sp³-hybridized carbons (Fsp3) is 0.647. The predicted molar refractivity (Wildman–Crippen MR) is 83.6 cm³/mol. The van der Waals surface area contributed by atoms with Gasteiger partial charge in [-0.05, 0) is 49.3 Å². The van der Waals surface area contributed by atoms with Crippen molar-refractivity contribution in [3.05, 3.63) is 34.9 Å². The summed E-state index contributed by atoms with van der Waals surface area (Å²) in [7, 11) is 0. The molecule has 0 aliphatic heterocycles. The molecule has 19 heavy (non-hydrogen) atoms. The topological polar surface area (TPSA) is 12.0 Å². The van der Waals surface area contributed by atoms with Crippen molar-refractivity contribution in [2.45, 2.75) is 58.5 Å². The quantitative estimate of drug-likeness (QED) is 0.798. The van der Waals surface area contributed by atoms with E-state index in [1.165, 1.54) is 31.2 Å². The number of hydrogen-bond donors (Lipinski definition) is 1. The number of benzene rings is 1. The van der Waals surface area contributed by atoms with Crippen LogP contribution in [0.25, 0.3) is 0 Å². The Morgan fingerprint density at radius 3 is 2.32 bits per heavy atom. The SMILES string of the molecule is CC(NC1CCCCC1C(C)C)c1ccc(Cl)cc1. The Morgan fingerprint density at radius 1 is 1.05 bits per heavy atom. The monoisotopic (exact) mass is 279 g/mol. The van der Waals surface area contributed by atoms with Gasteiger partial charge in [0.2, 0.25) is 0 Å². The fourth-order valence-corrected chi connectivity index (χ4v) is 3.46. The third-order valence-electron chi connectivity index (χ3n) is 4.51. The molecule has 0 spiro atoms. The van der Waals surface area contributed by atoms with Gasteiger partial charge in [-0.15, -0.1) is 0 Å². The molecule has 0 heterocycles. The Balaban J connectivity index is 2.00. The Morgan fingerprint density at radius 2 is 1.68 bits per heavy atom.